The Morgan fingerprint density at radius 3 is 0.495 bits per heavy atom. The molecule has 0 rings (SSSR count). The number of hydrogen-bond acceptors (Lipinski definition) is 18. The van der Waals surface area contributed by atoms with Crippen LogP contribution >= 0.6 is 0 Å². The van der Waals surface area contributed by atoms with Gasteiger partial charge in [0.25, 0.3) is 0 Å². The third kappa shape index (κ3) is 63.3. The van der Waals surface area contributed by atoms with Gasteiger partial charge in [-0.2, -0.15) is 0 Å². The molecule has 18 heteroatoms. The van der Waals surface area contributed by atoms with Gasteiger partial charge in [0.2, 0.25) is 0 Å². The number of unbranched alkanes of at least 4 members (excludes halogenated alkanes) is 45. The van der Waals surface area contributed by atoms with Gasteiger partial charge in [-0.15, -0.1) is 0 Å². The quantitative estimate of drug-likeness (QED) is 0.0216. The lowest BCUT2D eigenvalue weighted by atomic mass is 10.1. The second-order valence-corrected chi connectivity index (χ2v) is 28.9. The Hall–Kier alpha value is -2.97. The molecule has 0 aliphatic rings. The van der Waals surface area contributed by atoms with Crippen molar-refractivity contribution < 1.29 is 73.2 Å². The van der Waals surface area contributed by atoms with Gasteiger partial charge in [0.05, 0.1) is 33.0 Å². The number of aliphatic hydroxyl groups is 5. The highest BCUT2D eigenvalue weighted by molar-refractivity contribution is 5.76. The highest BCUT2D eigenvalue weighted by Gasteiger charge is 2.29. The maximum absolute atomic E-state index is 13.4. The fourth-order valence-electron chi connectivity index (χ4n) is 12.7. The molecule has 5 unspecified atom stereocenters. The maximum Gasteiger partial charge on any atom is 0.336 e. The van der Waals surface area contributed by atoms with Gasteiger partial charge in [0, 0.05) is 32.7 Å². The number of carbonyl (C=O) groups excluding carboxylic acids is 5. The molecule has 0 radical (unpaired) electrons. The molecule has 99 heavy (non-hydrogen) atoms. The summed E-state index contributed by atoms with van der Waals surface area (Å²) in [7, 11) is 0. The molecule has 18 nitrogen and oxygen atoms in total. The van der Waals surface area contributed by atoms with E-state index in [2.05, 4.69) is 34.6 Å². The number of ether oxygens (including phenoxy) is 5. The van der Waals surface area contributed by atoms with E-state index >= 15 is 0 Å². The van der Waals surface area contributed by atoms with Gasteiger partial charge in [-0.1, -0.05) is 324 Å². The Bertz CT molecular complexity index is 1610. The zero-order chi connectivity index (χ0) is 72.7. The van der Waals surface area contributed by atoms with Crippen LogP contribution in [0.1, 0.15) is 369 Å². The second-order valence-electron chi connectivity index (χ2n) is 28.9. The molecule has 0 bridgehead atoms. The summed E-state index contributed by atoms with van der Waals surface area (Å²) in [6.45, 7) is 11.7. The first-order valence-electron chi connectivity index (χ1n) is 41.6. The summed E-state index contributed by atoms with van der Waals surface area (Å²) in [6.07, 6.45) is 48.9. The average molecular weight is 1410 g/mol. The molecule has 5 atom stereocenters. The Morgan fingerprint density at radius 1 is 0.202 bits per heavy atom. The predicted molar refractivity (Wildman–Crippen MR) is 403 cm³/mol. The second kappa shape index (κ2) is 73.3. The zero-order valence-corrected chi connectivity index (χ0v) is 64.7. The van der Waals surface area contributed by atoms with Crippen LogP contribution in [-0.2, 0) is 47.7 Å². The van der Waals surface area contributed by atoms with Gasteiger partial charge >= 0.3 is 29.8 Å². The zero-order valence-electron chi connectivity index (χ0n) is 64.7. The number of nitrogens with zero attached hydrogens (tertiary/aromatic N) is 3. The van der Waals surface area contributed by atoms with Crippen LogP contribution in [0.3, 0.4) is 0 Å². The van der Waals surface area contributed by atoms with E-state index in [1.807, 2.05) is 4.90 Å². The minimum Gasteiger partial charge on any atom is -0.464 e. The summed E-state index contributed by atoms with van der Waals surface area (Å²) in [6, 6.07) is 0. The normalized spacial score (nSPS) is 13.3. The van der Waals surface area contributed by atoms with Gasteiger partial charge in [-0.05, 0) is 71.1 Å². The average Bonchev–Trinajstić information content (AvgIpc) is 1.03. The number of rotatable bonds is 78. The number of carbonyl (C=O) groups is 5. The third-order valence-corrected chi connectivity index (χ3v) is 19.1. The number of esters is 5. The summed E-state index contributed by atoms with van der Waals surface area (Å²) in [4.78, 5) is 71.6. The number of aliphatic hydroxyl groups excluding tert-OH is 5. The third-order valence-electron chi connectivity index (χ3n) is 19.1. The Morgan fingerprint density at radius 2 is 0.333 bits per heavy atom. The molecule has 0 amide bonds. The molecule has 0 aliphatic heterocycles. The Labute approximate surface area is 606 Å². The lowest BCUT2D eigenvalue weighted by Crippen LogP contribution is -2.46. The Kier molecular flexibility index (Phi) is 71.1. The van der Waals surface area contributed by atoms with Crippen LogP contribution in [-0.4, -0.2) is 193 Å². The van der Waals surface area contributed by atoms with Crippen molar-refractivity contribution in [3.63, 3.8) is 0 Å². The summed E-state index contributed by atoms with van der Waals surface area (Å²) in [5, 5.41) is 56.5. The van der Waals surface area contributed by atoms with E-state index in [9.17, 15) is 49.5 Å². The van der Waals surface area contributed by atoms with Crippen molar-refractivity contribution in [2.24, 2.45) is 0 Å². The van der Waals surface area contributed by atoms with E-state index in [4.69, 9.17) is 23.7 Å². The minimum atomic E-state index is -1.57. The maximum atomic E-state index is 13.4. The fourth-order valence-corrected chi connectivity index (χ4v) is 12.7. The highest BCUT2D eigenvalue weighted by atomic mass is 16.6. The van der Waals surface area contributed by atoms with Gasteiger partial charge in [-0.25, -0.2) is 24.0 Å². The van der Waals surface area contributed by atoms with E-state index in [0.717, 1.165) is 96.3 Å². The summed E-state index contributed by atoms with van der Waals surface area (Å²) >= 11 is 0. The first-order valence-corrected chi connectivity index (χ1v) is 41.6. The van der Waals surface area contributed by atoms with Crippen LogP contribution in [0.2, 0.25) is 0 Å². The fraction of sp³-hybridized carbons (Fsp3) is 0.938. The molecule has 0 aromatic rings. The van der Waals surface area contributed by atoms with Crippen molar-refractivity contribution in [3.8, 4) is 0 Å². The monoisotopic (exact) mass is 1410 g/mol. The summed E-state index contributed by atoms with van der Waals surface area (Å²) in [5.74, 6) is -3.92. The van der Waals surface area contributed by atoms with Crippen LogP contribution in [0.25, 0.3) is 0 Å². The van der Waals surface area contributed by atoms with Crippen LogP contribution < -0.4 is 0 Å². The molecule has 0 aliphatic carbocycles. The first kappa shape index (κ1) is 96.0. The minimum absolute atomic E-state index is 0.125. The molecular formula is C81H157N3O15. The number of hydrogen-bond donors (Lipinski definition) is 5. The molecule has 586 valence electrons. The predicted octanol–water partition coefficient (Wildman–Crippen LogP) is 16.8. The standard InChI is InChI=1S/C81H157N3O15/c1-6-11-16-21-26-31-36-41-46-51-62-95-77(90)72(85)67-82(58-56-60-83(68-73(86)78(91)96-63-52-47-42-37-32-27-22-17-12-7-2)69-74(87)79(92)97-64-53-48-43-38-33-28-23-18-13-8-3)59-57-61-84(70-75(88)80(93)98-65-54-49-44-39-34-29-24-19-14-9-4)71-76(89)81(94)99-66-55-50-45-40-35-30-25-20-15-10-5/h72-76,85-89H,6-71H2,1-5H3. The molecule has 0 aromatic carbocycles. The van der Waals surface area contributed by atoms with Gasteiger partial charge in [0.15, 0.2) is 30.5 Å². The molecule has 0 fully saturated rings. The van der Waals surface area contributed by atoms with E-state index in [-0.39, 0.29) is 91.9 Å². The van der Waals surface area contributed by atoms with Crippen molar-refractivity contribution >= 4 is 29.8 Å². The molecule has 0 saturated heterocycles. The molecule has 5 N–H and O–H groups in total. The smallest absolute Gasteiger partial charge is 0.336 e. The molecule has 0 saturated carbocycles. The van der Waals surface area contributed by atoms with Gasteiger partial charge in [0.1, 0.15) is 0 Å². The van der Waals surface area contributed by atoms with Crippen molar-refractivity contribution in [2.75, 3.05) is 91.9 Å². The Balaban J connectivity index is 6.37. The first-order chi connectivity index (χ1) is 48.2. The van der Waals surface area contributed by atoms with Gasteiger partial charge < -0.3 is 54.1 Å². The van der Waals surface area contributed by atoms with Crippen molar-refractivity contribution in [3.05, 3.63) is 0 Å². The van der Waals surface area contributed by atoms with E-state index in [1.165, 1.54) is 193 Å². The topological polar surface area (TPSA) is 242 Å². The summed E-state index contributed by atoms with van der Waals surface area (Å²) < 4.78 is 27.7. The SMILES string of the molecule is CCCCCCCCCCCCOC(=O)C(O)CN(CCCN(CC(O)C(=O)OCCCCCCCCCCCC)CC(O)C(=O)OCCCCCCCCCCCC)CCCN(CC(O)C(=O)OCCCCCCCCCCCC)CC(O)C(=O)OCCCCCCCCCCCC. The van der Waals surface area contributed by atoms with Crippen LogP contribution in [0, 0.1) is 0 Å². The van der Waals surface area contributed by atoms with E-state index < -0.39 is 60.4 Å². The van der Waals surface area contributed by atoms with Crippen molar-refractivity contribution in [1.82, 2.24) is 14.7 Å². The van der Waals surface area contributed by atoms with Crippen molar-refractivity contribution in [2.45, 2.75) is 399 Å². The lowest BCUT2D eigenvalue weighted by molar-refractivity contribution is -0.158. The van der Waals surface area contributed by atoms with Crippen LogP contribution in [0.5, 0.6) is 0 Å². The highest BCUT2D eigenvalue weighted by Crippen LogP contribution is 2.17. The van der Waals surface area contributed by atoms with Crippen molar-refractivity contribution in [1.29, 1.82) is 0 Å². The lowest BCUT2D eigenvalue weighted by Gasteiger charge is -2.30. The summed E-state index contributed by atoms with van der Waals surface area (Å²) in [5.41, 5.74) is 0. The molecule has 0 aromatic heterocycles. The van der Waals surface area contributed by atoms with E-state index in [0.29, 0.717) is 44.9 Å². The molecular weight excluding hydrogens is 1250 g/mol. The van der Waals surface area contributed by atoms with Crippen LogP contribution in [0.4, 0.5) is 0 Å². The van der Waals surface area contributed by atoms with Gasteiger partial charge in [-0.3, -0.25) is 9.80 Å². The van der Waals surface area contributed by atoms with E-state index in [1.54, 1.807) is 9.80 Å². The van der Waals surface area contributed by atoms with Crippen LogP contribution in [0.15, 0.2) is 0 Å². The molecule has 0 spiro atoms. The largest absolute Gasteiger partial charge is 0.464 e. The molecule has 0 heterocycles.